The minimum atomic E-state index is 0. The molecule has 4 bridgehead atoms. The Kier molecular flexibility index (Phi) is 5.98. The molecule has 2 aromatic heterocycles. The van der Waals surface area contributed by atoms with Gasteiger partial charge in [-0.15, -0.1) is 0 Å². The van der Waals surface area contributed by atoms with Gasteiger partial charge in [-0.05, 0) is 50.4 Å². The van der Waals surface area contributed by atoms with E-state index >= 15 is 0 Å². The van der Waals surface area contributed by atoms with E-state index in [1.807, 2.05) is 21.3 Å². The molecule has 6 heterocycles. The summed E-state index contributed by atoms with van der Waals surface area (Å²) in [6.07, 6.45) is 2.50. The molecule has 2 aromatic rings. The zero-order valence-corrected chi connectivity index (χ0v) is 17.1. The average molecular weight is 411 g/mol. The van der Waals surface area contributed by atoms with Gasteiger partial charge in [0.15, 0.2) is 0 Å². The molecule has 6 heteroatoms. The fraction of sp³-hybridized carbons (Fsp3) is 0.583. The van der Waals surface area contributed by atoms with Gasteiger partial charge < -0.3 is 19.4 Å². The average Bonchev–Trinajstić information content (AvgIpc) is 2.70. The van der Waals surface area contributed by atoms with Crippen LogP contribution >= 0.6 is 0 Å². The molecule has 2 fully saturated rings. The third kappa shape index (κ3) is 3.91. The van der Waals surface area contributed by atoms with E-state index < -0.39 is 0 Å². The minimum Gasteiger partial charge on any atom is -0.316 e. The second-order valence-electron chi connectivity index (χ2n) is 9.28. The Morgan fingerprint density at radius 3 is 2.07 bits per heavy atom. The number of rotatable bonds is 0. The fourth-order valence-electron chi connectivity index (χ4n) is 5.88. The number of pyridine rings is 2. The summed E-state index contributed by atoms with van der Waals surface area (Å²) in [6, 6.07) is 11.3. The summed E-state index contributed by atoms with van der Waals surface area (Å²) in [5, 5.41) is 3.43. The van der Waals surface area contributed by atoms with Gasteiger partial charge in [0.25, 0.3) is 11.1 Å². The van der Waals surface area contributed by atoms with E-state index in [1.54, 1.807) is 12.1 Å². The zero-order valence-electron chi connectivity index (χ0n) is 17.1. The summed E-state index contributed by atoms with van der Waals surface area (Å²) in [4.78, 5) is 25.8. The lowest BCUT2D eigenvalue weighted by Crippen LogP contribution is -2.45. The van der Waals surface area contributed by atoms with E-state index in [1.165, 1.54) is 24.2 Å². The second-order valence-corrected chi connectivity index (χ2v) is 9.28. The molecule has 1 N–H and O–H groups in total. The first-order chi connectivity index (χ1) is 14.1. The Morgan fingerprint density at radius 2 is 1.37 bits per heavy atom. The highest BCUT2D eigenvalue weighted by Crippen LogP contribution is 2.34. The molecule has 4 aliphatic heterocycles. The molecular weight excluding hydrogens is 376 g/mol. The van der Waals surface area contributed by atoms with Crippen molar-refractivity contribution in [2.75, 3.05) is 33.2 Å². The predicted molar refractivity (Wildman–Crippen MR) is 120 cm³/mol. The van der Waals surface area contributed by atoms with Gasteiger partial charge in [0.2, 0.25) is 0 Å². The van der Waals surface area contributed by atoms with E-state index in [9.17, 15) is 9.59 Å². The van der Waals surface area contributed by atoms with Crippen molar-refractivity contribution in [3.05, 3.63) is 68.5 Å². The number of fused-ring (bicyclic) bond motifs is 8. The molecular formula is C24H34N4O2. The summed E-state index contributed by atoms with van der Waals surface area (Å²) in [7, 11) is 2.18. The van der Waals surface area contributed by atoms with Crippen molar-refractivity contribution in [2.45, 2.75) is 45.2 Å². The fourth-order valence-corrected chi connectivity index (χ4v) is 5.88. The smallest absolute Gasteiger partial charge is 0.250 e. The van der Waals surface area contributed by atoms with Gasteiger partial charge in [0.05, 0.1) is 0 Å². The molecule has 4 atom stereocenters. The summed E-state index contributed by atoms with van der Waals surface area (Å²) in [5.74, 6) is 2.44. The first-order valence-electron chi connectivity index (χ1n) is 10.9. The van der Waals surface area contributed by atoms with Crippen LogP contribution in [-0.4, -0.2) is 47.3 Å². The zero-order chi connectivity index (χ0) is 20.0. The van der Waals surface area contributed by atoms with Crippen molar-refractivity contribution in [2.24, 2.45) is 11.8 Å². The van der Waals surface area contributed by atoms with E-state index in [0.29, 0.717) is 23.7 Å². The Morgan fingerprint density at radius 1 is 0.767 bits per heavy atom. The number of likely N-dealkylation sites (N-methyl/N-ethyl adjacent to an activating group) is 1. The molecule has 6 rings (SSSR count). The largest absolute Gasteiger partial charge is 0.316 e. The van der Waals surface area contributed by atoms with Crippen molar-refractivity contribution in [1.29, 1.82) is 0 Å². The Balaban J connectivity index is 0.000000141. The number of aromatic nitrogens is 2. The number of hydrogen-bond donors (Lipinski definition) is 1. The molecule has 6 nitrogen and oxygen atoms in total. The molecule has 4 unspecified atom stereocenters. The standard InChI is InChI=1S/C12H16N2O.C11H14N2O.CH4/c1-13-6-9-5-10(8-13)11-3-2-4-12(15)14(11)7-9;14-11-3-1-2-10-9-4-8(5-12-6-9)7-13(10)11;/h2-4,9-10H,5-8H2,1H3;1-3,8-9,12H,4-7H2;1H4. The summed E-state index contributed by atoms with van der Waals surface area (Å²) in [6.45, 7) is 6.14. The van der Waals surface area contributed by atoms with Gasteiger partial charge in [-0.25, -0.2) is 0 Å². The molecule has 162 valence electrons. The van der Waals surface area contributed by atoms with Crippen LogP contribution in [0.1, 0.15) is 43.5 Å². The molecule has 2 saturated heterocycles. The highest BCUT2D eigenvalue weighted by atomic mass is 16.1. The summed E-state index contributed by atoms with van der Waals surface area (Å²) >= 11 is 0. The topological polar surface area (TPSA) is 59.3 Å². The third-order valence-corrected chi connectivity index (χ3v) is 7.05. The van der Waals surface area contributed by atoms with Crippen LogP contribution in [0.4, 0.5) is 0 Å². The molecule has 0 radical (unpaired) electrons. The molecule has 0 amide bonds. The van der Waals surface area contributed by atoms with Crippen molar-refractivity contribution < 1.29 is 0 Å². The first kappa shape index (κ1) is 21.1. The first-order valence-corrected chi connectivity index (χ1v) is 10.9. The Hall–Kier alpha value is -2.18. The van der Waals surface area contributed by atoms with Crippen molar-refractivity contribution in [1.82, 2.24) is 19.4 Å². The number of nitrogens with one attached hydrogen (secondary N) is 1. The van der Waals surface area contributed by atoms with Gasteiger partial charge in [0, 0.05) is 68.1 Å². The van der Waals surface area contributed by atoms with Gasteiger partial charge in [-0.2, -0.15) is 0 Å². The predicted octanol–water partition coefficient (Wildman–Crippen LogP) is 2.09. The van der Waals surface area contributed by atoms with Crippen LogP contribution in [0.5, 0.6) is 0 Å². The SMILES string of the molecule is C.CN1CC2CC(C1)c1cccc(=O)n1C2.O=c1cccc2n1CC1CNCC2C1. The molecule has 0 spiro atoms. The van der Waals surface area contributed by atoms with Gasteiger partial charge in [-0.3, -0.25) is 9.59 Å². The number of nitrogens with zero attached hydrogens (tertiary/aromatic N) is 3. The molecule has 4 aliphatic rings. The minimum absolute atomic E-state index is 0. The third-order valence-electron chi connectivity index (χ3n) is 7.05. The molecule has 0 aliphatic carbocycles. The highest BCUT2D eigenvalue weighted by molar-refractivity contribution is 5.17. The normalized spacial score (nSPS) is 28.8. The second kappa shape index (κ2) is 8.52. The Labute approximate surface area is 178 Å². The molecule has 0 aromatic carbocycles. The van der Waals surface area contributed by atoms with Gasteiger partial charge in [0.1, 0.15) is 0 Å². The summed E-state index contributed by atoms with van der Waals surface area (Å²) < 4.78 is 3.94. The van der Waals surface area contributed by atoms with Crippen LogP contribution < -0.4 is 16.4 Å². The van der Waals surface area contributed by atoms with E-state index in [2.05, 4.69) is 29.4 Å². The number of hydrogen-bond acceptors (Lipinski definition) is 4. The van der Waals surface area contributed by atoms with Crippen LogP contribution in [0.15, 0.2) is 46.0 Å². The van der Waals surface area contributed by atoms with E-state index in [0.717, 1.165) is 39.3 Å². The van der Waals surface area contributed by atoms with Crippen LogP contribution in [0.3, 0.4) is 0 Å². The Bertz CT molecular complexity index is 1010. The maximum atomic E-state index is 11.7. The maximum absolute atomic E-state index is 11.7. The monoisotopic (exact) mass is 410 g/mol. The lowest BCUT2D eigenvalue weighted by Gasteiger charge is -2.41. The molecule has 30 heavy (non-hydrogen) atoms. The van der Waals surface area contributed by atoms with Crippen LogP contribution in [0.25, 0.3) is 0 Å². The molecule has 0 saturated carbocycles. The van der Waals surface area contributed by atoms with Gasteiger partial charge in [-0.1, -0.05) is 19.6 Å². The van der Waals surface area contributed by atoms with Crippen molar-refractivity contribution >= 4 is 0 Å². The van der Waals surface area contributed by atoms with Crippen LogP contribution in [-0.2, 0) is 13.1 Å². The lowest BCUT2D eigenvalue weighted by molar-refractivity contribution is 0.145. The van der Waals surface area contributed by atoms with Crippen molar-refractivity contribution in [3.63, 3.8) is 0 Å². The quantitative estimate of drug-likeness (QED) is 0.723. The van der Waals surface area contributed by atoms with Crippen LogP contribution in [0, 0.1) is 11.8 Å². The van der Waals surface area contributed by atoms with E-state index in [4.69, 9.17) is 0 Å². The van der Waals surface area contributed by atoms with Crippen molar-refractivity contribution in [3.8, 4) is 0 Å². The van der Waals surface area contributed by atoms with E-state index in [-0.39, 0.29) is 18.5 Å². The highest BCUT2D eigenvalue weighted by Gasteiger charge is 2.33. The van der Waals surface area contributed by atoms with Crippen LogP contribution in [0.2, 0.25) is 0 Å². The maximum Gasteiger partial charge on any atom is 0.250 e. The number of likely N-dealkylation sites (tertiary alicyclic amines) is 1. The summed E-state index contributed by atoms with van der Waals surface area (Å²) in [5.41, 5.74) is 2.80. The van der Waals surface area contributed by atoms with Gasteiger partial charge >= 0.3 is 0 Å². The number of piperidine rings is 2. The lowest BCUT2D eigenvalue weighted by atomic mass is 9.83.